The molecule has 0 fully saturated rings. The highest BCUT2D eigenvalue weighted by Gasteiger charge is 2.44. The molecule has 36 heavy (non-hydrogen) atoms. The van der Waals surface area contributed by atoms with Gasteiger partial charge in [-0.2, -0.15) is 0 Å². The molecule has 0 heterocycles. The number of nitrogens with one attached hydrogen (secondary N) is 2. The van der Waals surface area contributed by atoms with E-state index in [2.05, 4.69) is 35.0 Å². The quantitative estimate of drug-likeness (QED) is 0.111. The van der Waals surface area contributed by atoms with Crippen LogP contribution in [-0.4, -0.2) is 72.9 Å². The Labute approximate surface area is 212 Å². The number of rotatable bonds is 11. The van der Waals surface area contributed by atoms with Crippen molar-refractivity contribution in [3.63, 3.8) is 0 Å². The molecule has 11 nitrogen and oxygen atoms in total. The second-order valence-electron chi connectivity index (χ2n) is 10.4. The molecular formula is C24H38N2O9Si. The summed E-state index contributed by atoms with van der Waals surface area (Å²) in [7, 11) is -1.43. The summed E-state index contributed by atoms with van der Waals surface area (Å²) < 4.78 is 15.1. The van der Waals surface area contributed by atoms with E-state index in [0.29, 0.717) is 5.56 Å². The maximum atomic E-state index is 12.7. The van der Waals surface area contributed by atoms with Crippen LogP contribution < -0.4 is 10.6 Å². The monoisotopic (exact) mass is 526 g/mol. The predicted octanol–water partition coefficient (Wildman–Crippen LogP) is 2.19. The van der Waals surface area contributed by atoms with Crippen LogP contribution in [0.15, 0.2) is 24.3 Å². The number of carbonyl (C=O) groups is 4. The first-order valence-electron chi connectivity index (χ1n) is 11.6. The smallest absolute Gasteiger partial charge is 0.408 e. The molecule has 0 aliphatic rings. The predicted molar refractivity (Wildman–Crippen MR) is 135 cm³/mol. The zero-order valence-electron chi connectivity index (χ0n) is 22.0. The largest absolute Gasteiger partial charge is 0.464 e. The second kappa shape index (κ2) is 12.8. The molecule has 12 heteroatoms. The number of hydrogen-bond acceptors (Lipinski definition) is 9. The van der Waals surface area contributed by atoms with Crippen LogP contribution in [0.4, 0.5) is 10.5 Å². The number of hydrogen-bond donors (Lipinski definition) is 4. The molecule has 0 aliphatic carbocycles. The number of benzene rings is 1. The highest BCUT2D eigenvalue weighted by Crippen LogP contribution is 2.16. The van der Waals surface area contributed by atoms with Gasteiger partial charge in [-0.25, -0.2) is 14.4 Å². The van der Waals surface area contributed by atoms with Crippen molar-refractivity contribution in [2.24, 2.45) is 0 Å². The topological polar surface area (TPSA) is 160 Å². The molecular weight excluding hydrogens is 488 g/mol. The third kappa shape index (κ3) is 11.2. The highest BCUT2D eigenvalue weighted by atomic mass is 28.3. The lowest BCUT2D eigenvalue weighted by atomic mass is 10.1. The van der Waals surface area contributed by atoms with Gasteiger partial charge in [-0.3, -0.25) is 4.79 Å². The summed E-state index contributed by atoms with van der Waals surface area (Å²) in [5.41, 5.74) is 0.0183. The Morgan fingerprint density at radius 2 is 1.58 bits per heavy atom. The van der Waals surface area contributed by atoms with Crippen LogP contribution in [-0.2, 0) is 35.0 Å². The van der Waals surface area contributed by atoms with E-state index in [1.54, 1.807) is 32.9 Å². The first-order chi connectivity index (χ1) is 16.4. The molecule has 1 rings (SSSR count). The Balaban J connectivity index is 2.92. The van der Waals surface area contributed by atoms with Gasteiger partial charge < -0.3 is 35.1 Å². The fourth-order valence-electron chi connectivity index (χ4n) is 2.70. The van der Waals surface area contributed by atoms with E-state index in [1.807, 2.05) is 0 Å². The van der Waals surface area contributed by atoms with Crippen molar-refractivity contribution in [3.05, 3.63) is 29.8 Å². The van der Waals surface area contributed by atoms with Crippen LogP contribution in [0.1, 0.15) is 33.3 Å². The second-order valence-corrected chi connectivity index (χ2v) is 16.0. The molecule has 0 saturated heterocycles. The molecule has 4 N–H and O–H groups in total. The lowest BCUT2D eigenvalue weighted by Crippen LogP contribution is -2.50. The zero-order chi connectivity index (χ0) is 27.7. The molecule has 0 bridgehead atoms. The number of amides is 2. The number of alkyl carbamates (subject to hydrolysis) is 1. The lowest BCUT2D eigenvalue weighted by molar-refractivity contribution is -0.206. The van der Waals surface area contributed by atoms with Crippen LogP contribution in [0.2, 0.25) is 25.7 Å². The number of esters is 2. The average molecular weight is 527 g/mol. The molecule has 0 aliphatic heterocycles. The van der Waals surface area contributed by atoms with Gasteiger partial charge in [0, 0.05) is 20.2 Å². The minimum absolute atomic E-state index is 0.0754. The minimum Gasteiger partial charge on any atom is -0.464 e. The summed E-state index contributed by atoms with van der Waals surface area (Å²) in [6, 6.07) is 5.76. The van der Waals surface area contributed by atoms with Gasteiger partial charge in [0.15, 0.2) is 0 Å². The normalized spacial score (nSPS) is 12.8. The van der Waals surface area contributed by atoms with E-state index < -0.39 is 49.4 Å². The molecule has 0 spiro atoms. The highest BCUT2D eigenvalue weighted by molar-refractivity contribution is 6.76. The molecule has 1 unspecified atom stereocenters. The van der Waals surface area contributed by atoms with Gasteiger partial charge in [0.2, 0.25) is 0 Å². The maximum absolute atomic E-state index is 12.7. The van der Waals surface area contributed by atoms with E-state index in [1.165, 1.54) is 19.1 Å². The number of carbonyl (C=O) groups excluding carboxylic acids is 4. The van der Waals surface area contributed by atoms with Crippen LogP contribution in [0.3, 0.4) is 0 Å². The van der Waals surface area contributed by atoms with Gasteiger partial charge in [-0.05, 0) is 51.4 Å². The van der Waals surface area contributed by atoms with E-state index in [9.17, 15) is 29.4 Å². The Morgan fingerprint density at radius 1 is 1.00 bits per heavy atom. The third-order valence-electron chi connectivity index (χ3n) is 4.60. The van der Waals surface area contributed by atoms with Crippen molar-refractivity contribution in [3.8, 4) is 0 Å². The van der Waals surface area contributed by atoms with Gasteiger partial charge in [0.25, 0.3) is 5.91 Å². The Morgan fingerprint density at radius 3 is 2.08 bits per heavy atom. The molecule has 1 aromatic rings. The molecule has 1 atom stereocenters. The standard InChI is InChI=1S/C24H38N2O9Si/c1-8-33-21(29)24(31,32)20(28)25-17-11-9-16(10-12-17)15-18(26-22(30)35-23(2,3)4)19(27)34-13-14-36(5,6)7/h9-12,18,31-32H,8,13-15H2,1-7H3,(H,25,28)(H,26,30). The van der Waals surface area contributed by atoms with Crippen LogP contribution in [0, 0.1) is 0 Å². The minimum atomic E-state index is -3.35. The molecule has 2 amide bonds. The van der Waals surface area contributed by atoms with Gasteiger partial charge in [0.05, 0.1) is 13.2 Å². The molecule has 0 radical (unpaired) electrons. The summed E-state index contributed by atoms with van der Waals surface area (Å²) in [6.07, 6.45) is -0.689. The van der Waals surface area contributed by atoms with E-state index in [-0.39, 0.29) is 25.3 Å². The van der Waals surface area contributed by atoms with Crippen LogP contribution >= 0.6 is 0 Å². The zero-order valence-corrected chi connectivity index (χ0v) is 23.0. The van der Waals surface area contributed by atoms with Crippen molar-refractivity contribution in [2.75, 3.05) is 18.5 Å². The van der Waals surface area contributed by atoms with Crippen molar-refractivity contribution in [1.82, 2.24) is 5.32 Å². The van der Waals surface area contributed by atoms with Gasteiger partial charge >= 0.3 is 23.8 Å². The first-order valence-corrected chi connectivity index (χ1v) is 15.3. The number of aliphatic hydroxyl groups is 2. The van der Waals surface area contributed by atoms with Gasteiger partial charge in [-0.15, -0.1) is 0 Å². The summed E-state index contributed by atoms with van der Waals surface area (Å²) >= 11 is 0. The number of ether oxygens (including phenoxy) is 3. The first kappa shape index (κ1) is 31.1. The number of anilines is 1. The average Bonchev–Trinajstić information content (AvgIpc) is 2.72. The van der Waals surface area contributed by atoms with Gasteiger partial charge in [-0.1, -0.05) is 31.8 Å². The van der Waals surface area contributed by atoms with Crippen molar-refractivity contribution in [1.29, 1.82) is 0 Å². The van der Waals surface area contributed by atoms with Crippen molar-refractivity contribution in [2.45, 2.75) is 77.2 Å². The van der Waals surface area contributed by atoms with Crippen LogP contribution in [0.5, 0.6) is 0 Å². The van der Waals surface area contributed by atoms with Crippen LogP contribution in [0.25, 0.3) is 0 Å². The SMILES string of the molecule is CCOC(=O)C(O)(O)C(=O)Nc1ccc(CC(NC(=O)OC(C)(C)C)C(=O)OCC[Si](C)(C)C)cc1. The lowest BCUT2D eigenvalue weighted by Gasteiger charge is -2.23. The van der Waals surface area contributed by atoms with E-state index in [0.717, 1.165) is 6.04 Å². The van der Waals surface area contributed by atoms with Crippen molar-refractivity contribution >= 4 is 37.7 Å². The molecule has 1 aromatic carbocycles. The molecule has 0 saturated carbocycles. The summed E-state index contributed by atoms with van der Waals surface area (Å²) in [4.78, 5) is 48.7. The fraction of sp³-hybridized carbons (Fsp3) is 0.583. The van der Waals surface area contributed by atoms with E-state index >= 15 is 0 Å². The van der Waals surface area contributed by atoms with Gasteiger partial charge in [0.1, 0.15) is 11.6 Å². The van der Waals surface area contributed by atoms with Crippen molar-refractivity contribution < 1.29 is 43.6 Å². The summed E-state index contributed by atoms with van der Waals surface area (Å²) in [5, 5.41) is 24.2. The Kier molecular flexibility index (Phi) is 11.1. The Hall–Kier alpha value is -2.96. The molecule has 202 valence electrons. The Bertz CT molecular complexity index is 919. The van der Waals surface area contributed by atoms with E-state index in [4.69, 9.17) is 9.47 Å². The maximum Gasteiger partial charge on any atom is 0.408 e. The summed E-state index contributed by atoms with van der Waals surface area (Å²) in [6.45, 7) is 13.1. The molecule has 0 aromatic heterocycles. The fourth-order valence-corrected chi connectivity index (χ4v) is 3.42. The third-order valence-corrected chi connectivity index (χ3v) is 6.30. The summed E-state index contributed by atoms with van der Waals surface area (Å²) in [5.74, 6) is -6.83.